The maximum absolute atomic E-state index is 12.2. The third kappa shape index (κ3) is 5.02. The van der Waals surface area contributed by atoms with E-state index in [-0.39, 0.29) is 30.6 Å². The molecule has 0 aliphatic heterocycles. The van der Waals surface area contributed by atoms with E-state index in [9.17, 15) is 18.0 Å². The predicted octanol–water partition coefficient (Wildman–Crippen LogP) is 3.60. The fourth-order valence-electron chi connectivity index (χ4n) is 2.04. The number of methoxy groups -OCH3 is 1. The Morgan fingerprint density at radius 1 is 1.17 bits per heavy atom. The zero-order valence-electron chi connectivity index (χ0n) is 13.1. The average molecular weight is 343 g/mol. The van der Waals surface area contributed by atoms with Gasteiger partial charge in [0.25, 0.3) is 5.91 Å². The molecule has 130 valence electrons. The van der Waals surface area contributed by atoms with Crippen LogP contribution in [-0.4, -0.2) is 31.3 Å². The average Bonchev–Trinajstić information content (AvgIpc) is 2.96. The third-order valence-electron chi connectivity index (χ3n) is 3.08. The van der Waals surface area contributed by atoms with Gasteiger partial charge >= 0.3 is 6.36 Å². The quantitative estimate of drug-likeness (QED) is 0.804. The molecule has 1 amide bonds. The number of ether oxygens (including phenoxy) is 2. The van der Waals surface area contributed by atoms with Crippen molar-refractivity contribution in [1.29, 1.82) is 0 Å². The Hall–Kier alpha value is -2.48. The topological polar surface area (TPSA) is 51.9 Å². The molecule has 0 aliphatic rings. The highest BCUT2D eigenvalue weighted by Crippen LogP contribution is 2.23. The molecule has 0 fully saturated rings. The van der Waals surface area contributed by atoms with Gasteiger partial charge in [0.05, 0.1) is 0 Å². The molecule has 2 aromatic rings. The van der Waals surface area contributed by atoms with Crippen LogP contribution < -0.4 is 4.74 Å². The van der Waals surface area contributed by atoms with Crippen LogP contribution in [0.15, 0.2) is 40.8 Å². The van der Waals surface area contributed by atoms with Crippen molar-refractivity contribution in [2.75, 3.05) is 14.2 Å². The van der Waals surface area contributed by atoms with E-state index in [1.807, 2.05) is 0 Å². The van der Waals surface area contributed by atoms with Gasteiger partial charge in [0, 0.05) is 20.7 Å². The summed E-state index contributed by atoms with van der Waals surface area (Å²) in [5, 5.41) is 0. The minimum absolute atomic E-state index is 0.168. The Labute approximate surface area is 136 Å². The lowest BCUT2D eigenvalue weighted by atomic mass is 10.2. The molecule has 2 rings (SSSR count). The second-order valence-corrected chi connectivity index (χ2v) is 5.05. The van der Waals surface area contributed by atoms with Crippen LogP contribution in [0.5, 0.6) is 5.75 Å². The number of hydrogen-bond acceptors (Lipinski definition) is 4. The lowest BCUT2D eigenvalue weighted by Gasteiger charge is -2.16. The van der Waals surface area contributed by atoms with Crippen molar-refractivity contribution in [3.63, 3.8) is 0 Å². The van der Waals surface area contributed by atoms with Crippen molar-refractivity contribution in [2.45, 2.75) is 19.5 Å². The van der Waals surface area contributed by atoms with Crippen molar-refractivity contribution in [1.82, 2.24) is 4.90 Å². The summed E-state index contributed by atoms with van der Waals surface area (Å²) >= 11 is 0. The summed E-state index contributed by atoms with van der Waals surface area (Å²) in [5.74, 6) is 0.0490. The Morgan fingerprint density at radius 2 is 1.83 bits per heavy atom. The van der Waals surface area contributed by atoms with Gasteiger partial charge in [0.15, 0.2) is 5.76 Å². The van der Waals surface area contributed by atoms with Crippen molar-refractivity contribution in [3.8, 4) is 5.75 Å². The molecule has 1 aromatic heterocycles. The molecular formula is C16H16F3NO4. The van der Waals surface area contributed by atoms with Crippen molar-refractivity contribution < 1.29 is 31.9 Å². The monoisotopic (exact) mass is 343 g/mol. The first kappa shape index (κ1) is 17.9. The van der Waals surface area contributed by atoms with Crippen LogP contribution in [0, 0.1) is 0 Å². The van der Waals surface area contributed by atoms with E-state index in [4.69, 9.17) is 9.15 Å². The second kappa shape index (κ2) is 7.39. The molecule has 0 radical (unpaired) electrons. The van der Waals surface area contributed by atoms with Crippen LogP contribution in [-0.2, 0) is 17.9 Å². The van der Waals surface area contributed by atoms with Crippen LogP contribution >= 0.6 is 0 Å². The Morgan fingerprint density at radius 3 is 2.42 bits per heavy atom. The van der Waals surface area contributed by atoms with Crippen molar-refractivity contribution >= 4 is 5.91 Å². The number of benzene rings is 1. The number of amides is 1. The maximum Gasteiger partial charge on any atom is 0.573 e. The normalized spacial score (nSPS) is 11.4. The Balaban J connectivity index is 1.97. The van der Waals surface area contributed by atoms with Crippen LogP contribution in [0.25, 0.3) is 0 Å². The minimum atomic E-state index is -4.73. The van der Waals surface area contributed by atoms with E-state index in [1.165, 1.54) is 36.3 Å². The zero-order valence-corrected chi connectivity index (χ0v) is 13.1. The van der Waals surface area contributed by atoms with E-state index in [0.29, 0.717) is 11.3 Å². The molecule has 0 atom stereocenters. The number of hydrogen-bond donors (Lipinski definition) is 0. The minimum Gasteiger partial charge on any atom is -0.453 e. The number of carbonyl (C=O) groups excluding carboxylic acids is 1. The summed E-state index contributed by atoms with van der Waals surface area (Å²) in [5.41, 5.74) is 0.657. The van der Waals surface area contributed by atoms with Crippen LogP contribution in [0.1, 0.15) is 21.9 Å². The molecule has 5 nitrogen and oxygen atoms in total. The van der Waals surface area contributed by atoms with Gasteiger partial charge in [0.1, 0.15) is 18.1 Å². The molecule has 0 aliphatic carbocycles. The Kier molecular flexibility index (Phi) is 5.50. The number of alkyl halides is 3. The summed E-state index contributed by atoms with van der Waals surface area (Å²) in [7, 11) is 3.09. The molecule has 0 N–H and O–H groups in total. The van der Waals surface area contributed by atoms with Crippen molar-refractivity contribution in [3.05, 3.63) is 53.5 Å². The standard InChI is InChI=1S/C16H16F3NO4/c1-20(15(21)14-8-7-13(23-14)10-22-2)9-11-3-5-12(6-4-11)24-16(17,18)19/h3-8H,9-10H2,1-2H3. The summed E-state index contributed by atoms with van der Waals surface area (Å²) in [6.07, 6.45) is -4.73. The van der Waals surface area contributed by atoms with Gasteiger partial charge in [-0.15, -0.1) is 13.2 Å². The van der Waals surface area contributed by atoms with Crippen LogP contribution in [0.2, 0.25) is 0 Å². The van der Waals surface area contributed by atoms with Gasteiger partial charge < -0.3 is 18.8 Å². The third-order valence-corrected chi connectivity index (χ3v) is 3.08. The lowest BCUT2D eigenvalue weighted by molar-refractivity contribution is -0.274. The van der Waals surface area contributed by atoms with Gasteiger partial charge in [0.2, 0.25) is 0 Å². The fraction of sp³-hybridized carbons (Fsp3) is 0.312. The first-order valence-electron chi connectivity index (χ1n) is 6.96. The van der Waals surface area contributed by atoms with Gasteiger partial charge in [-0.25, -0.2) is 0 Å². The van der Waals surface area contributed by atoms with Gasteiger partial charge in [-0.3, -0.25) is 4.79 Å². The van der Waals surface area contributed by atoms with Crippen LogP contribution in [0.3, 0.4) is 0 Å². The van der Waals surface area contributed by atoms with E-state index in [0.717, 1.165) is 0 Å². The number of furan rings is 1. The first-order chi connectivity index (χ1) is 11.3. The molecule has 0 bridgehead atoms. The van der Waals surface area contributed by atoms with E-state index in [2.05, 4.69) is 4.74 Å². The largest absolute Gasteiger partial charge is 0.573 e. The van der Waals surface area contributed by atoms with Crippen molar-refractivity contribution in [2.24, 2.45) is 0 Å². The lowest BCUT2D eigenvalue weighted by Crippen LogP contribution is -2.25. The highest BCUT2D eigenvalue weighted by Gasteiger charge is 2.31. The highest BCUT2D eigenvalue weighted by atomic mass is 19.4. The number of rotatable bonds is 6. The fourth-order valence-corrected chi connectivity index (χ4v) is 2.04. The number of carbonyl (C=O) groups is 1. The summed E-state index contributed by atoms with van der Waals surface area (Å²) < 4.78 is 50.4. The van der Waals surface area contributed by atoms with Gasteiger partial charge in [-0.2, -0.15) is 0 Å². The predicted molar refractivity (Wildman–Crippen MR) is 78.3 cm³/mol. The van der Waals surface area contributed by atoms with E-state index < -0.39 is 6.36 Å². The molecule has 8 heteroatoms. The SMILES string of the molecule is COCc1ccc(C(=O)N(C)Cc2ccc(OC(F)(F)F)cc2)o1. The molecule has 1 heterocycles. The molecule has 0 saturated heterocycles. The Bertz CT molecular complexity index is 679. The van der Waals surface area contributed by atoms with E-state index >= 15 is 0 Å². The highest BCUT2D eigenvalue weighted by molar-refractivity contribution is 5.91. The number of nitrogens with zero attached hydrogens (tertiary/aromatic N) is 1. The second-order valence-electron chi connectivity index (χ2n) is 5.05. The van der Waals surface area contributed by atoms with Crippen LogP contribution in [0.4, 0.5) is 13.2 Å². The smallest absolute Gasteiger partial charge is 0.453 e. The number of halogens is 3. The summed E-state index contributed by atoms with van der Waals surface area (Å²) in [4.78, 5) is 13.6. The molecule has 0 spiro atoms. The van der Waals surface area contributed by atoms with Gasteiger partial charge in [-0.05, 0) is 29.8 Å². The molecule has 24 heavy (non-hydrogen) atoms. The first-order valence-corrected chi connectivity index (χ1v) is 6.96. The maximum atomic E-state index is 12.2. The zero-order chi connectivity index (χ0) is 17.7. The van der Waals surface area contributed by atoms with E-state index in [1.54, 1.807) is 19.2 Å². The summed E-state index contributed by atoms with van der Waals surface area (Å²) in [6.45, 7) is 0.475. The molecular weight excluding hydrogens is 327 g/mol. The molecule has 0 saturated carbocycles. The molecule has 0 unspecified atom stereocenters. The van der Waals surface area contributed by atoms with Gasteiger partial charge in [-0.1, -0.05) is 12.1 Å². The molecule has 1 aromatic carbocycles. The summed E-state index contributed by atoms with van der Waals surface area (Å²) in [6, 6.07) is 8.52.